The average molecular weight is 190 g/mol. The van der Waals surface area contributed by atoms with Crippen LogP contribution in [0.2, 0.25) is 0 Å². The van der Waals surface area contributed by atoms with Gasteiger partial charge in [-0.2, -0.15) is 0 Å². The van der Waals surface area contributed by atoms with E-state index in [1.165, 1.54) is 4.88 Å². The number of carbonyl (C=O) groups is 1. The topological polar surface area (TPSA) is 29.1 Å². The maximum Gasteiger partial charge on any atom is 0.239 e. The van der Waals surface area contributed by atoms with Crippen LogP contribution >= 0.6 is 22.9 Å². The van der Waals surface area contributed by atoms with E-state index in [0.717, 1.165) is 5.00 Å². The van der Waals surface area contributed by atoms with Gasteiger partial charge >= 0.3 is 0 Å². The van der Waals surface area contributed by atoms with Crippen molar-refractivity contribution in [1.82, 2.24) is 0 Å². The van der Waals surface area contributed by atoms with Gasteiger partial charge in [0, 0.05) is 4.88 Å². The van der Waals surface area contributed by atoms with Crippen LogP contribution in [0.15, 0.2) is 12.1 Å². The quantitative estimate of drug-likeness (QED) is 0.711. The van der Waals surface area contributed by atoms with E-state index in [-0.39, 0.29) is 11.8 Å². The van der Waals surface area contributed by atoms with Crippen LogP contribution in [0.4, 0.5) is 5.00 Å². The minimum absolute atomic E-state index is 0.0109. The molecule has 0 unspecified atom stereocenters. The Morgan fingerprint density at radius 2 is 2.45 bits per heavy atom. The molecule has 2 nitrogen and oxygen atoms in total. The fourth-order valence-electron chi connectivity index (χ4n) is 0.673. The van der Waals surface area contributed by atoms with Crippen LogP contribution in [0.1, 0.15) is 4.88 Å². The SMILES string of the molecule is Cc1ccc(NC(=O)CCl)s1. The molecule has 11 heavy (non-hydrogen) atoms. The van der Waals surface area contributed by atoms with Gasteiger partial charge in [0.1, 0.15) is 5.88 Å². The molecule has 0 saturated heterocycles. The standard InChI is InChI=1S/C7H8ClNOS/c1-5-2-3-7(11-5)9-6(10)4-8/h2-3H,4H2,1H3,(H,9,10). The van der Waals surface area contributed by atoms with E-state index in [0.29, 0.717) is 0 Å². The Labute approximate surface area is 74.2 Å². The molecule has 1 aromatic rings. The number of thiophene rings is 1. The molecule has 0 spiro atoms. The Balaban J connectivity index is 2.57. The fourth-order valence-corrected chi connectivity index (χ4v) is 1.52. The summed E-state index contributed by atoms with van der Waals surface area (Å²) in [4.78, 5) is 11.9. The van der Waals surface area contributed by atoms with Crippen LogP contribution in [0, 0.1) is 6.92 Å². The van der Waals surface area contributed by atoms with Crippen molar-refractivity contribution in [2.45, 2.75) is 6.92 Å². The molecule has 0 saturated carbocycles. The van der Waals surface area contributed by atoms with Crippen LogP contribution in [0.3, 0.4) is 0 Å². The van der Waals surface area contributed by atoms with Crippen molar-refractivity contribution in [1.29, 1.82) is 0 Å². The first-order valence-corrected chi connectivity index (χ1v) is 4.49. The highest BCUT2D eigenvalue weighted by molar-refractivity contribution is 7.16. The maximum absolute atomic E-state index is 10.8. The number of amides is 1. The van der Waals surface area contributed by atoms with Gasteiger partial charge in [0.05, 0.1) is 5.00 Å². The van der Waals surface area contributed by atoms with Gasteiger partial charge in [0.25, 0.3) is 0 Å². The van der Waals surface area contributed by atoms with E-state index in [1.807, 2.05) is 19.1 Å². The van der Waals surface area contributed by atoms with Crippen molar-refractivity contribution in [2.24, 2.45) is 0 Å². The largest absolute Gasteiger partial charge is 0.317 e. The second-order valence-electron chi connectivity index (χ2n) is 2.09. The van der Waals surface area contributed by atoms with Crippen molar-refractivity contribution < 1.29 is 4.79 Å². The van der Waals surface area contributed by atoms with Crippen LogP contribution < -0.4 is 5.32 Å². The van der Waals surface area contributed by atoms with E-state index in [9.17, 15) is 4.79 Å². The zero-order valence-electron chi connectivity index (χ0n) is 6.06. The monoisotopic (exact) mass is 189 g/mol. The second-order valence-corrected chi connectivity index (χ2v) is 3.65. The summed E-state index contributed by atoms with van der Waals surface area (Å²) >= 11 is 6.84. The molecule has 4 heteroatoms. The smallest absolute Gasteiger partial charge is 0.239 e. The molecule has 60 valence electrons. The highest BCUT2D eigenvalue weighted by Gasteiger charge is 2.00. The molecule has 1 N–H and O–H groups in total. The van der Waals surface area contributed by atoms with Gasteiger partial charge < -0.3 is 5.32 Å². The Bertz CT molecular complexity index is 259. The zero-order chi connectivity index (χ0) is 8.27. The molecular formula is C7H8ClNOS. The molecule has 1 heterocycles. The summed E-state index contributed by atoms with van der Waals surface area (Å²) in [5.41, 5.74) is 0. The van der Waals surface area contributed by atoms with Crippen LogP contribution in [-0.4, -0.2) is 11.8 Å². The fraction of sp³-hybridized carbons (Fsp3) is 0.286. The molecular weight excluding hydrogens is 182 g/mol. The van der Waals surface area contributed by atoms with Crippen molar-refractivity contribution in [3.05, 3.63) is 17.0 Å². The predicted octanol–water partition coefficient (Wildman–Crippen LogP) is 2.23. The van der Waals surface area contributed by atoms with E-state index >= 15 is 0 Å². The summed E-state index contributed by atoms with van der Waals surface area (Å²) in [6.07, 6.45) is 0. The van der Waals surface area contributed by atoms with E-state index < -0.39 is 0 Å². The van der Waals surface area contributed by atoms with Gasteiger partial charge in [-0.3, -0.25) is 4.79 Å². The number of nitrogens with one attached hydrogen (secondary N) is 1. The molecule has 1 amide bonds. The minimum atomic E-state index is -0.159. The highest BCUT2D eigenvalue weighted by Crippen LogP contribution is 2.20. The summed E-state index contributed by atoms with van der Waals surface area (Å²) in [6, 6.07) is 3.82. The molecule has 0 atom stereocenters. The number of anilines is 1. The molecule has 0 bridgehead atoms. The maximum atomic E-state index is 10.8. The van der Waals surface area contributed by atoms with Gasteiger partial charge in [0.2, 0.25) is 5.91 Å². The third-order valence-corrected chi connectivity index (χ3v) is 2.28. The normalized spacial score (nSPS) is 9.64. The van der Waals surface area contributed by atoms with Crippen molar-refractivity contribution in [3.8, 4) is 0 Å². The number of hydrogen-bond acceptors (Lipinski definition) is 2. The molecule has 0 aliphatic rings. The van der Waals surface area contributed by atoms with Gasteiger partial charge in [-0.25, -0.2) is 0 Å². The van der Waals surface area contributed by atoms with Gasteiger partial charge in [-0.05, 0) is 19.1 Å². The number of carbonyl (C=O) groups excluding carboxylic acids is 1. The first kappa shape index (κ1) is 8.56. The summed E-state index contributed by atoms with van der Waals surface area (Å²) in [5.74, 6) is -0.148. The Morgan fingerprint density at radius 1 is 1.73 bits per heavy atom. The van der Waals surface area contributed by atoms with Crippen LogP contribution in [0.25, 0.3) is 0 Å². The Morgan fingerprint density at radius 3 is 2.91 bits per heavy atom. The Hall–Kier alpha value is -0.540. The van der Waals surface area contributed by atoms with Crippen molar-refractivity contribution >= 4 is 33.8 Å². The predicted molar refractivity (Wildman–Crippen MR) is 48.4 cm³/mol. The number of rotatable bonds is 2. The highest BCUT2D eigenvalue weighted by atomic mass is 35.5. The van der Waals surface area contributed by atoms with Gasteiger partial charge in [-0.1, -0.05) is 0 Å². The van der Waals surface area contributed by atoms with Crippen LogP contribution in [0.5, 0.6) is 0 Å². The van der Waals surface area contributed by atoms with E-state index in [1.54, 1.807) is 11.3 Å². The lowest BCUT2D eigenvalue weighted by Crippen LogP contribution is -2.11. The summed E-state index contributed by atoms with van der Waals surface area (Å²) < 4.78 is 0. The number of alkyl halides is 1. The molecule has 0 fully saturated rings. The second kappa shape index (κ2) is 3.74. The molecule has 1 rings (SSSR count). The molecule has 0 radical (unpaired) electrons. The van der Waals surface area contributed by atoms with E-state index in [2.05, 4.69) is 5.32 Å². The average Bonchev–Trinajstić information content (AvgIpc) is 2.35. The lowest BCUT2D eigenvalue weighted by atomic mass is 10.5. The zero-order valence-corrected chi connectivity index (χ0v) is 7.63. The van der Waals surface area contributed by atoms with E-state index in [4.69, 9.17) is 11.6 Å². The molecule has 0 aromatic carbocycles. The first-order valence-electron chi connectivity index (χ1n) is 3.14. The lowest BCUT2D eigenvalue weighted by Gasteiger charge is -1.95. The summed E-state index contributed by atoms with van der Waals surface area (Å²) in [5, 5.41) is 3.51. The number of hydrogen-bond donors (Lipinski definition) is 1. The summed E-state index contributed by atoms with van der Waals surface area (Å²) in [7, 11) is 0. The van der Waals surface area contributed by atoms with Crippen molar-refractivity contribution in [2.75, 3.05) is 11.2 Å². The van der Waals surface area contributed by atoms with Crippen molar-refractivity contribution in [3.63, 3.8) is 0 Å². The molecule has 0 aliphatic carbocycles. The third kappa shape index (κ3) is 2.52. The van der Waals surface area contributed by atoms with Crippen LogP contribution in [-0.2, 0) is 4.79 Å². The Kier molecular flexibility index (Phi) is 2.91. The molecule has 0 aliphatic heterocycles. The minimum Gasteiger partial charge on any atom is -0.317 e. The third-order valence-electron chi connectivity index (χ3n) is 1.12. The van der Waals surface area contributed by atoms with Gasteiger partial charge in [-0.15, -0.1) is 22.9 Å². The first-order chi connectivity index (χ1) is 5.22. The number of aryl methyl sites for hydroxylation is 1. The lowest BCUT2D eigenvalue weighted by molar-refractivity contribution is -0.113. The van der Waals surface area contributed by atoms with Gasteiger partial charge in [0.15, 0.2) is 0 Å². The summed E-state index contributed by atoms with van der Waals surface area (Å²) in [6.45, 7) is 1.99. The number of halogens is 1. The molecule has 1 aromatic heterocycles.